The highest BCUT2D eigenvalue weighted by Gasteiger charge is 2.31. The maximum Gasteiger partial charge on any atom is 0.263 e. The molecule has 1 saturated heterocycles. The van der Waals surface area contributed by atoms with Crippen molar-refractivity contribution in [2.24, 2.45) is 0 Å². The number of likely N-dealkylation sites (tertiary alicyclic amines) is 1. The predicted octanol–water partition coefficient (Wildman–Crippen LogP) is 2.11. The Labute approximate surface area is 115 Å². The van der Waals surface area contributed by atoms with Gasteiger partial charge >= 0.3 is 0 Å². The van der Waals surface area contributed by atoms with E-state index in [1.165, 1.54) is 0 Å². The summed E-state index contributed by atoms with van der Waals surface area (Å²) in [6, 6.07) is 5.42. The number of halogens is 1. The summed E-state index contributed by atoms with van der Waals surface area (Å²) >= 11 is 3.36. The average molecular weight is 314 g/mol. The molecule has 1 amide bonds. The highest BCUT2D eigenvalue weighted by atomic mass is 79.9. The van der Waals surface area contributed by atoms with Gasteiger partial charge in [0.25, 0.3) is 5.91 Å². The number of carbonyl (C=O) groups excluding carboxylic acids is 1. The minimum Gasteiger partial charge on any atom is -0.480 e. The van der Waals surface area contributed by atoms with Crippen LogP contribution in [0.3, 0.4) is 0 Å². The lowest BCUT2D eigenvalue weighted by atomic mass is 10.1. The quantitative estimate of drug-likeness (QED) is 0.930. The molecular weight excluding hydrogens is 298 g/mol. The first-order valence-electron chi connectivity index (χ1n) is 5.88. The van der Waals surface area contributed by atoms with Gasteiger partial charge in [-0.2, -0.15) is 0 Å². The summed E-state index contributed by atoms with van der Waals surface area (Å²) in [4.78, 5) is 13.4. The molecule has 0 radical (unpaired) electrons. The molecule has 0 aromatic heterocycles. The molecule has 0 aliphatic carbocycles. The van der Waals surface area contributed by atoms with E-state index in [1.807, 2.05) is 12.1 Å². The number of hydrogen-bond donors (Lipinski definition) is 1. The van der Waals surface area contributed by atoms with Gasteiger partial charge in [-0.1, -0.05) is 15.9 Å². The summed E-state index contributed by atoms with van der Waals surface area (Å²) in [5.41, 5.74) is 0.687. The first kappa shape index (κ1) is 13.4. The van der Waals surface area contributed by atoms with Crippen molar-refractivity contribution in [2.75, 3.05) is 13.6 Å². The van der Waals surface area contributed by atoms with Crippen LogP contribution in [0.1, 0.15) is 25.0 Å². The molecule has 18 heavy (non-hydrogen) atoms. The summed E-state index contributed by atoms with van der Waals surface area (Å²) < 4.78 is 6.61. The Balaban J connectivity index is 2.21. The van der Waals surface area contributed by atoms with Crippen molar-refractivity contribution in [2.45, 2.75) is 25.6 Å². The first-order chi connectivity index (χ1) is 8.49. The van der Waals surface area contributed by atoms with Gasteiger partial charge < -0.3 is 14.7 Å². The Morgan fingerprint density at radius 2 is 2.28 bits per heavy atom. The first-order valence-corrected chi connectivity index (χ1v) is 6.67. The van der Waals surface area contributed by atoms with Gasteiger partial charge in [0, 0.05) is 30.0 Å². The molecule has 98 valence electrons. The number of hydrogen-bond acceptors (Lipinski definition) is 3. The normalized spacial score (nSPS) is 21.2. The molecule has 2 rings (SSSR count). The van der Waals surface area contributed by atoms with Gasteiger partial charge in [0.2, 0.25) is 0 Å². The summed E-state index contributed by atoms with van der Waals surface area (Å²) in [6.45, 7) is 2.39. The van der Waals surface area contributed by atoms with Crippen LogP contribution in [0.15, 0.2) is 22.7 Å². The molecule has 1 fully saturated rings. The van der Waals surface area contributed by atoms with E-state index in [1.54, 1.807) is 24.9 Å². The van der Waals surface area contributed by atoms with Crippen molar-refractivity contribution < 1.29 is 14.6 Å². The van der Waals surface area contributed by atoms with Gasteiger partial charge in [-0.25, -0.2) is 0 Å². The summed E-state index contributed by atoms with van der Waals surface area (Å²) in [6.07, 6.45) is -0.384. The third kappa shape index (κ3) is 2.67. The number of nitrogens with zero attached hydrogens (tertiary/aromatic N) is 1. The second kappa shape index (κ2) is 5.28. The minimum absolute atomic E-state index is 0.00513. The minimum atomic E-state index is -0.633. The van der Waals surface area contributed by atoms with Crippen molar-refractivity contribution in [1.82, 2.24) is 4.90 Å². The maximum absolute atomic E-state index is 11.8. The van der Waals surface area contributed by atoms with Crippen LogP contribution in [-0.4, -0.2) is 35.6 Å². The van der Waals surface area contributed by atoms with Crippen LogP contribution in [0, 0.1) is 0 Å². The molecule has 1 heterocycles. The Morgan fingerprint density at radius 3 is 2.83 bits per heavy atom. The summed E-state index contributed by atoms with van der Waals surface area (Å²) in [5, 5.41) is 9.72. The number of aliphatic hydroxyl groups is 1. The van der Waals surface area contributed by atoms with E-state index in [-0.39, 0.29) is 5.91 Å². The van der Waals surface area contributed by atoms with Gasteiger partial charge in [-0.05, 0) is 25.1 Å². The van der Waals surface area contributed by atoms with Gasteiger partial charge in [-0.3, -0.25) is 4.79 Å². The predicted molar refractivity (Wildman–Crippen MR) is 71.4 cm³/mol. The van der Waals surface area contributed by atoms with Crippen molar-refractivity contribution in [3.05, 3.63) is 28.2 Å². The zero-order valence-corrected chi connectivity index (χ0v) is 12.0. The van der Waals surface area contributed by atoms with Gasteiger partial charge in [0.05, 0.1) is 6.10 Å². The van der Waals surface area contributed by atoms with E-state index < -0.39 is 12.2 Å². The van der Waals surface area contributed by atoms with E-state index in [4.69, 9.17) is 4.74 Å². The van der Waals surface area contributed by atoms with E-state index in [9.17, 15) is 9.90 Å². The Kier molecular flexibility index (Phi) is 3.92. The van der Waals surface area contributed by atoms with Crippen LogP contribution in [0.5, 0.6) is 5.75 Å². The highest BCUT2D eigenvalue weighted by Crippen LogP contribution is 2.30. The summed E-state index contributed by atoms with van der Waals surface area (Å²) in [5.74, 6) is 0.566. The number of amides is 1. The Bertz CT molecular complexity index is 462. The monoisotopic (exact) mass is 313 g/mol. The number of likely N-dealkylation sites (N-methyl/N-ethyl adjacent to an activating group) is 1. The molecule has 1 aliphatic rings. The molecule has 1 aromatic carbocycles. The fraction of sp³-hybridized carbons (Fsp3) is 0.462. The number of benzene rings is 1. The van der Waals surface area contributed by atoms with Gasteiger partial charge in [0.15, 0.2) is 6.10 Å². The SMILES string of the molecule is C[C@H](O)c1cc(Br)ccc1OC1CCN(C)C1=O. The molecule has 2 atom stereocenters. The van der Waals surface area contributed by atoms with Crippen molar-refractivity contribution in [3.63, 3.8) is 0 Å². The van der Waals surface area contributed by atoms with Crippen LogP contribution >= 0.6 is 15.9 Å². The average Bonchev–Trinajstić information content (AvgIpc) is 2.63. The van der Waals surface area contributed by atoms with E-state index in [0.717, 1.165) is 4.47 Å². The van der Waals surface area contributed by atoms with Crippen molar-refractivity contribution in [3.8, 4) is 5.75 Å². The van der Waals surface area contributed by atoms with Crippen molar-refractivity contribution >= 4 is 21.8 Å². The molecule has 0 saturated carbocycles. The Hall–Kier alpha value is -1.07. The zero-order valence-electron chi connectivity index (χ0n) is 10.4. The molecule has 0 spiro atoms. The molecule has 1 unspecified atom stereocenters. The van der Waals surface area contributed by atoms with Crippen LogP contribution in [-0.2, 0) is 4.79 Å². The molecule has 1 aliphatic heterocycles. The van der Waals surface area contributed by atoms with Crippen LogP contribution in [0.25, 0.3) is 0 Å². The standard InChI is InChI=1S/C13H16BrNO3/c1-8(16)10-7-9(14)3-4-11(10)18-12-5-6-15(2)13(12)17/h3-4,7-8,12,16H,5-6H2,1-2H3/t8-,12?/m0/s1. The third-order valence-electron chi connectivity index (χ3n) is 3.07. The summed E-state index contributed by atoms with van der Waals surface area (Å²) in [7, 11) is 1.77. The zero-order chi connectivity index (χ0) is 13.3. The molecule has 5 heteroatoms. The molecule has 0 bridgehead atoms. The lowest BCUT2D eigenvalue weighted by Crippen LogP contribution is -2.29. The molecule has 1 N–H and O–H groups in total. The molecule has 1 aromatic rings. The lowest BCUT2D eigenvalue weighted by Gasteiger charge is -2.17. The lowest BCUT2D eigenvalue weighted by molar-refractivity contribution is -0.132. The smallest absolute Gasteiger partial charge is 0.263 e. The third-order valence-corrected chi connectivity index (χ3v) is 3.56. The van der Waals surface area contributed by atoms with E-state index >= 15 is 0 Å². The van der Waals surface area contributed by atoms with Crippen LogP contribution < -0.4 is 4.74 Å². The largest absolute Gasteiger partial charge is 0.480 e. The van der Waals surface area contributed by atoms with E-state index in [2.05, 4.69) is 15.9 Å². The number of carbonyl (C=O) groups is 1. The fourth-order valence-electron chi connectivity index (χ4n) is 2.01. The Morgan fingerprint density at radius 1 is 1.56 bits per heavy atom. The fourth-order valence-corrected chi connectivity index (χ4v) is 2.38. The van der Waals surface area contributed by atoms with Crippen molar-refractivity contribution in [1.29, 1.82) is 0 Å². The highest BCUT2D eigenvalue weighted by molar-refractivity contribution is 9.10. The number of ether oxygens (including phenoxy) is 1. The van der Waals surface area contributed by atoms with Gasteiger partial charge in [0.1, 0.15) is 5.75 Å². The number of rotatable bonds is 3. The maximum atomic E-state index is 11.8. The van der Waals surface area contributed by atoms with Crippen LogP contribution in [0.2, 0.25) is 0 Å². The van der Waals surface area contributed by atoms with Gasteiger partial charge in [-0.15, -0.1) is 0 Å². The second-order valence-electron chi connectivity index (χ2n) is 4.51. The topological polar surface area (TPSA) is 49.8 Å². The second-order valence-corrected chi connectivity index (χ2v) is 5.43. The number of aliphatic hydroxyl groups excluding tert-OH is 1. The van der Waals surface area contributed by atoms with E-state index in [0.29, 0.717) is 24.3 Å². The van der Waals surface area contributed by atoms with Crippen LogP contribution in [0.4, 0.5) is 0 Å². The molecular formula is C13H16BrNO3. The molecule has 4 nitrogen and oxygen atoms in total.